The summed E-state index contributed by atoms with van der Waals surface area (Å²) >= 11 is 0. The lowest BCUT2D eigenvalue weighted by atomic mass is 10.3. The van der Waals surface area contributed by atoms with E-state index in [2.05, 4.69) is 10.3 Å². The molecule has 15 heavy (non-hydrogen) atoms. The van der Waals surface area contributed by atoms with E-state index in [1.54, 1.807) is 18.3 Å². The Balaban J connectivity index is 2.79. The summed E-state index contributed by atoms with van der Waals surface area (Å²) in [6.45, 7) is 0. The fraction of sp³-hybridized carbons (Fsp3) is 0. The zero-order valence-electron chi connectivity index (χ0n) is 7.54. The van der Waals surface area contributed by atoms with Crippen molar-refractivity contribution in [3.8, 4) is 0 Å². The van der Waals surface area contributed by atoms with Gasteiger partial charge in [0.05, 0.1) is 11.9 Å². The molecule has 0 radical (unpaired) electrons. The van der Waals surface area contributed by atoms with Gasteiger partial charge in [-0.25, -0.2) is 9.59 Å². The van der Waals surface area contributed by atoms with Gasteiger partial charge in [-0.3, -0.25) is 4.98 Å². The van der Waals surface area contributed by atoms with Crippen LogP contribution in [0.25, 0.3) is 0 Å². The molecule has 1 heterocycles. The predicted molar refractivity (Wildman–Crippen MR) is 51.2 cm³/mol. The van der Waals surface area contributed by atoms with Gasteiger partial charge in [0.15, 0.2) is 5.57 Å². The second-order valence-corrected chi connectivity index (χ2v) is 2.55. The van der Waals surface area contributed by atoms with Crippen LogP contribution < -0.4 is 5.32 Å². The van der Waals surface area contributed by atoms with Crippen molar-refractivity contribution in [2.24, 2.45) is 0 Å². The lowest BCUT2D eigenvalue weighted by molar-refractivity contribution is -0.140. The highest BCUT2D eigenvalue weighted by molar-refractivity contribution is 6.12. The van der Waals surface area contributed by atoms with Gasteiger partial charge < -0.3 is 15.5 Å². The average Bonchev–Trinajstić information content (AvgIpc) is 2.18. The molecule has 1 aromatic rings. The Kier molecular flexibility index (Phi) is 3.39. The van der Waals surface area contributed by atoms with Crippen molar-refractivity contribution in [3.63, 3.8) is 0 Å². The van der Waals surface area contributed by atoms with Gasteiger partial charge in [-0.15, -0.1) is 0 Å². The monoisotopic (exact) mass is 208 g/mol. The zero-order valence-corrected chi connectivity index (χ0v) is 7.54. The van der Waals surface area contributed by atoms with E-state index in [4.69, 9.17) is 10.2 Å². The molecule has 0 aliphatic carbocycles. The van der Waals surface area contributed by atoms with E-state index >= 15 is 0 Å². The first kappa shape index (κ1) is 10.7. The Labute approximate surface area is 84.9 Å². The summed E-state index contributed by atoms with van der Waals surface area (Å²) in [5, 5.41) is 19.6. The summed E-state index contributed by atoms with van der Waals surface area (Å²) in [5.74, 6) is -3.00. The number of pyridine rings is 1. The van der Waals surface area contributed by atoms with Crippen molar-refractivity contribution < 1.29 is 19.8 Å². The van der Waals surface area contributed by atoms with E-state index in [0.29, 0.717) is 5.69 Å². The topological polar surface area (TPSA) is 99.5 Å². The van der Waals surface area contributed by atoms with Crippen molar-refractivity contribution in [1.82, 2.24) is 4.98 Å². The van der Waals surface area contributed by atoms with Gasteiger partial charge in [0.25, 0.3) is 0 Å². The third-order valence-electron chi connectivity index (χ3n) is 1.51. The first-order chi connectivity index (χ1) is 7.11. The highest BCUT2D eigenvalue weighted by Gasteiger charge is 2.15. The Bertz CT molecular complexity index is 384. The normalized spacial score (nSPS) is 9.07. The Morgan fingerprint density at radius 2 is 2.00 bits per heavy atom. The van der Waals surface area contributed by atoms with Crippen LogP contribution in [-0.4, -0.2) is 27.1 Å². The van der Waals surface area contributed by atoms with Crippen LogP contribution in [0.1, 0.15) is 0 Å². The maximum atomic E-state index is 10.5. The molecule has 0 aliphatic heterocycles. The number of hydrogen-bond donors (Lipinski definition) is 3. The first-order valence-electron chi connectivity index (χ1n) is 3.94. The second kappa shape index (κ2) is 4.75. The number of hydrogen-bond acceptors (Lipinski definition) is 4. The number of aromatic nitrogens is 1. The maximum Gasteiger partial charge on any atom is 0.344 e. The van der Waals surface area contributed by atoms with Gasteiger partial charge in [-0.1, -0.05) is 0 Å². The van der Waals surface area contributed by atoms with Gasteiger partial charge in [0.1, 0.15) is 0 Å². The first-order valence-corrected chi connectivity index (χ1v) is 3.94. The summed E-state index contributed by atoms with van der Waals surface area (Å²) in [5.41, 5.74) is -0.226. The highest BCUT2D eigenvalue weighted by atomic mass is 16.4. The summed E-state index contributed by atoms with van der Waals surface area (Å²) in [6.07, 6.45) is 3.89. The molecule has 6 heteroatoms. The third kappa shape index (κ3) is 3.11. The van der Waals surface area contributed by atoms with Gasteiger partial charge in [0, 0.05) is 12.4 Å². The predicted octanol–water partition coefficient (Wildman–Crippen LogP) is 0.547. The molecule has 0 saturated heterocycles. The van der Waals surface area contributed by atoms with E-state index < -0.39 is 17.5 Å². The molecule has 0 aromatic carbocycles. The van der Waals surface area contributed by atoms with Gasteiger partial charge >= 0.3 is 11.9 Å². The lowest BCUT2D eigenvalue weighted by Crippen LogP contribution is -2.12. The summed E-state index contributed by atoms with van der Waals surface area (Å²) < 4.78 is 0. The van der Waals surface area contributed by atoms with E-state index in [0.717, 1.165) is 6.20 Å². The number of carbonyl (C=O) groups is 2. The quantitative estimate of drug-likeness (QED) is 0.379. The molecule has 1 aromatic heterocycles. The molecular formula is C9H8N2O4. The average molecular weight is 208 g/mol. The van der Waals surface area contributed by atoms with E-state index in [1.807, 2.05) is 0 Å². The van der Waals surface area contributed by atoms with Gasteiger partial charge in [-0.05, 0) is 12.1 Å². The molecule has 1 rings (SSSR count). The van der Waals surface area contributed by atoms with Crippen LogP contribution in [0.3, 0.4) is 0 Å². The highest BCUT2D eigenvalue weighted by Crippen LogP contribution is 2.04. The van der Waals surface area contributed by atoms with Crippen LogP contribution in [0.4, 0.5) is 5.69 Å². The molecule has 6 nitrogen and oxygen atoms in total. The Morgan fingerprint density at radius 1 is 1.33 bits per heavy atom. The van der Waals surface area contributed by atoms with Gasteiger partial charge in [0.2, 0.25) is 0 Å². The molecular weight excluding hydrogens is 200 g/mol. The molecule has 0 unspecified atom stereocenters. The number of rotatable bonds is 4. The fourth-order valence-electron chi connectivity index (χ4n) is 0.819. The van der Waals surface area contributed by atoms with Crippen molar-refractivity contribution in [2.45, 2.75) is 0 Å². The van der Waals surface area contributed by atoms with Crippen LogP contribution in [-0.2, 0) is 9.59 Å². The second-order valence-electron chi connectivity index (χ2n) is 2.55. The Morgan fingerprint density at radius 3 is 2.47 bits per heavy atom. The lowest BCUT2D eigenvalue weighted by Gasteiger charge is -2.00. The summed E-state index contributed by atoms with van der Waals surface area (Å²) in [4.78, 5) is 24.7. The molecule has 0 fully saturated rings. The number of nitrogens with zero attached hydrogens (tertiary/aromatic N) is 1. The third-order valence-corrected chi connectivity index (χ3v) is 1.51. The Hall–Kier alpha value is -2.37. The maximum absolute atomic E-state index is 10.5. The molecule has 0 bridgehead atoms. The molecule has 0 amide bonds. The summed E-state index contributed by atoms with van der Waals surface area (Å²) in [7, 11) is 0. The minimum atomic E-state index is -1.50. The molecule has 0 spiro atoms. The van der Waals surface area contributed by atoms with Crippen molar-refractivity contribution >= 4 is 17.6 Å². The van der Waals surface area contributed by atoms with E-state index in [1.165, 1.54) is 6.20 Å². The van der Waals surface area contributed by atoms with E-state index in [9.17, 15) is 9.59 Å². The molecule has 78 valence electrons. The van der Waals surface area contributed by atoms with Crippen molar-refractivity contribution in [1.29, 1.82) is 0 Å². The van der Waals surface area contributed by atoms with Crippen LogP contribution in [0.5, 0.6) is 0 Å². The van der Waals surface area contributed by atoms with Crippen LogP contribution in [0.15, 0.2) is 36.3 Å². The van der Waals surface area contributed by atoms with Crippen molar-refractivity contribution in [2.75, 3.05) is 5.32 Å². The molecule has 0 aliphatic rings. The standard InChI is InChI=1S/C9H8N2O4/c12-8(13)7(9(14)15)5-11-6-2-1-3-10-4-6/h1-5,11H,(H,12,13)(H,14,15). The smallest absolute Gasteiger partial charge is 0.344 e. The SMILES string of the molecule is O=C(O)C(=CNc1cccnc1)C(=O)O. The zero-order chi connectivity index (χ0) is 11.3. The largest absolute Gasteiger partial charge is 0.477 e. The number of nitrogens with one attached hydrogen (secondary N) is 1. The number of anilines is 1. The van der Waals surface area contributed by atoms with Crippen LogP contribution in [0.2, 0.25) is 0 Å². The molecule has 0 atom stereocenters. The number of aliphatic carboxylic acids is 2. The number of carboxylic acid groups (broad SMARTS) is 2. The van der Waals surface area contributed by atoms with E-state index in [-0.39, 0.29) is 0 Å². The molecule has 0 saturated carbocycles. The molecule has 3 N–H and O–H groups in total. The van der Waals surface area contributed by atoms with Gasteiger partial charge in [-0.2, -0.15) is 0 Å². The minimum Gasteiger partial charge on any atom is -0.477 e. The van der Waals surface area contributed by atoms with Crippen LogP contribution in [0, 0.1) is 0 Å². The fourth-order valence-corrected chi connectivity index (χ4v) is 0.819. The van der Waals surface area contributed by atoms with Crippen LogP contribution >= 0.6 is 0 Å². The van der Waals surface area contributed by atoms with Crippen molar-refractivity contribution in [3.05, 3.63) is 36.3 Å². The number of carboxylic acids is 2. The summed E-state index contributed by atoms with van der Waals surface area (Å²) in [6, 6.07) is 3.27. The minimum absolute atomic E-state index is 0.512.